The minimum Gasteiger partial charge on any atom is -0.496 e. The molecule has 0 saturated carbocycles. The van der Waals surface area contributed by atoms with E-state index in [-0.39, 0.29) is 6.04 Å². The number of para-hydroxylation sites is 1. The summed E-state index contributed by atoms with van der Waals surface area (Å²) in [6.07, 6.45) is 0. The number of aromatic nitrogens is 5. The lowest BCUT2D eigenvalue weighted by Crippen LogP contribution is -2.02. The largest absolute Gasteiger partial charge is 0.496 e. The van der Waals surface area contributed by atoms with E-state index in [1.807, 2.05) is 47.1 Å². The molecule has 4 rings (SSSR count). The van der Waals surface area contributed by atoms with E-state index in [9.17, 15) is 0 Å². The SMILES string of the molecule is COc1ccccc1-c1nc(-c2ccc3c(c2)nnn3C(C)C)no1. The standard InChI is InChI=1S/C18H17N5O2/c1-11(2)23-15-9-8-12(10-14(15)20-22-23)17-19-18(25-21-17)13-6-4-5-7-16(13)24-3/h4-11H,1-3H3. The molecule has 126 valence electrons. The van der Waals surface area contributed by atoms with E-state index in [0.29, 0.717) is 17.5 Å². The summed E-state index contributed by atoms with van der Waals surface area (Å²) in [4.78, 5) is 4.50. The Balaban J connectivity index is 1.74. The van der Waals surface area contributed by atoms with Crippen LogP contribution in [0.15, 0.2) is 47.0 Å². The molecule has 2 aromatic carbocycles. The van der Waals surface area contributed by atoms with Crippen molar-refractivity contribution in [2.45, 2.75) is 19.9 Å². The zero-order chi connectivity index (χ0) is 17.4. The van der Waals surface area contributed by atoms with Gasteiger partial charge in [-0.2, -0.15) is 4.98 Å². The molecule has 25 heavy (non-hydrogen) atoms. The third kappa shape index (κ3) is 2.63. The molecule has 4 aromatic rings. The normalized spacial score (nSPS) is 11.4. The van der Waals surface area contributed by atoms with Gasteiger partial charge in [0.15, 0.2) is 0 Å². The van der Waals surface area contributed by atoms with Gasteiger partial charge in [-0.3, -0.25) is 0 Å². The third-order valence-corrected chi connectivity index (χ3v) is 3.98. The Bertz CT molecular complexity index is 1030. The maximum atomic E-state index is 5.42. The van der Waals surface area contributed by atoms with Crippen molar-refractivity contribution in [3.63, 3.8) is 0 Å². The van der Waals surface area contributed by atoms with Gasteiger partial charge in [-0.1, -0.05) is 22.5 Å². The lowest BCUT2D eigenvalue weighted by molar-refractivity contribution is 0.405. The summed E-state index contributed by atoms with van der Waals surface area (Å²) < 4.78 is 12.7. The van der Waals surface area contributed by atoms with E-state index in [1.165, 1.54) is 0 Å². The van der Waals surface area contributed by atoms with Crippen molar-refractivity contribution in [1.29, 1.82) is 0 Å². The van der Waals surface area contributed by atoms with Gasteiger partial charge < -0.3 is 9.26 Å². The van der Waals surface area contributed by atoms with Gasteiger partial charge in [0.05, 0.1) is 18.2 Å². The summed E-state index contributed by atoms with van der Waals surface area (Å²) in [6.45, 7) is 4.14. The van der Waals surface area contributed by atoms with Crippen LogP contribution in [0.2, 0.25) is 0 Å². The molecule has 0 spiro atoms. The Kier molecular flexibility index (Phi) is 3.68. The van der Waals surface area contributed by atoms with Crippen molar-refractivity contribution in [2.24, 2.45) is 0 Å². The highest BCUT2D eigenvalue weighted by Crippen LogP contribution is 2.30. The predicted octanol–water partition coefficient (Wildman–Crippen LogP) is 3.74. The first-order valence-electron chi connectivity index (χ1n) is 8.00. The molecule has 7 heteroatoms. The van der Waals surface area contributed by atoms with Gasteiger partial charge in [-0.15, -0.1) is 5.10 Å². The number of hydrogen-bond donors (Lipinski definition) is 0. The van der Waals surface area contributed by atoms with Crippen LogP contribution in [0.5, 0.6) is 5.75 Å². The van der Waals surface area contributed by atoms with Crippen LogP contribution in [-0.4, -0.2) is 32.2 Å². The number of benzene rings is 2. The summed E-state index contributed by atoms with van der Waals surface area (Å²) in [5.41, 5.74) is 3.37. The maximum Gasteiger partial charge on any atom is 0.262 e. The number of methoxy groups -OCH3 is 1. The average Bonchev–Trinajstić information content (AvgIpc) is 3.28. The summed E-state index contributed by atoms with van der Waals surface area (Å²) in [5, 5.41) is 12.5. The Morgan fingerprint density at radius 3 is 2.76 bits per heavy atom. The van der Waals surface area contributed by atoms with Crippen molar-refractivity contribution in [3.8, 4) is 28.6 Å². The molecule has 7 nitrogen and oxygen atoms in total. The summed E-state index contributed by atoms with van der Waals surface area (Å²) in [6, 6.07) is 13.6. The lowest BCUT2D eigenvalue weighted by Gasteiger charge is -2.05. The van der Waals surface area contributed by atoms with Gasteiger partial charge in [0.2, 0.25) is 5.82 Å². The van der Waals surface area contributed by atoms with Crippen LogP contribution in [0.4, 0.5) is 0 Å². The second-order valence-electron chi connectivity index (χ2n) is 5.95. The molecule has 0 aliphatic carbocycles. The summed E-state index contributed by atoms with van der Waals surface area (Å²) in [5.74, 6) is 1.60. The average molecular weight is 335 g/mol. The highest BCUT2D eigenvalue weighted by Gasteiger charge is 2.16. The summed E-state index contributed by atoms with van der Waals surface area (Å²) in [7, 11) is 1.61. The maximum absolute atomic E-state index is 5.42. The molecule has 0 unspecified atom stereocenters. The highest BCUT2D eigenvalue weighted by atomic mass is 16.5. The molecule has 0 amide bonds. The molecule has 0 aliphatic rings. The van der Waals surface area contributed by atoms with Gasteiger partial charge in [-0.05, 0) is 44.2 Å². The van der Waals surface area contributed by atoms with E-state index in [2.05, 4.69) is 34.3 Å². The number of hydrogen-bond acceptors (Lipinski definition) is 6. The Morgan fingerprint density at radius 2 is 1.96 bits per heavy atom. The van der Waals surface area contributed by atoms with Gasteiger partial charge in [0.1, 0.15) is 11.3 Å². The molecule has 0 N–H and O–H groups in total. The topological polar surface area (TPSA) is 78.9 Å². The van der Waals surface area contributed by atoms with E-state index in [4.69, 9.17) is 9.26 Å². The van der Waals surface area contributed by atoms with Gasteiger partial charge in [0, 0.05) is 11.6 Å². The molecule has 0 fully saturated rings. The van der Waals surface area contributed by atoms with E-state index < -0.39 is 0 Å². The second-order valence-corrected chi connectivity index (χ2v) is 5.95. The van der Waals surface area contributed by atoms with Crippen molar-refractivity contribution in [2.75, 3.05) is 7.11 Å². The van der Waals surface area contributed by atoms with Crippen LogP contribution in [0, 0.1) is 0 Å². The molecule has 2 aromatic heterocycles. The van der Waals surface area contributed by atoms with Crippen molar-refractivity contribution in [1.82, 2.24) is 25.1 Å². The lowest BCUT2D eigenvalue weighted by atomic mass is 10.1. The predicted molar refractivity (Wildman–Crippen MR) is 93.2 cm³/mol. The minimum atomic E-state index is 0.248. The number of ether oxygens (including phenoxy) is 1. The summed E-state index contributed by atoms with van der Waals surface area (Å²) >= 11 is 0. The van der Waals surface area contributed by atoms with Crippen LogP contribution < -0.4 is 4.74 Å². The van der Waals surface area contributed by atoms with Crippen molar-refractivity contribution < 1.29 is 9.26 Å². The van der Waals surface area contributed by atoms with E-state index >= 15 is 0 Å². The molecule has 2 heterocycles. The molecule has 0 bridgehead atoms. The minimum absolute atomic E-state index is 0.248. The van der Waals surface area contributed by atoms with Crippen LogP contribution in [0.3, 0.4) is 0 Å². The van der Waals surface area contributed by atoms with Crippen LogP contribution >= 0.6 is 0 Å². The van der Waals surface area contributed by atoms with Gasteiger partial charge in [0.25, 0.3) is 5.89 Å². The monoisotopic (exact) mass is 335 g/mol. The Morgan fingerprint density at radius 1 is 1.12 bits per heavy atom. The fourth-order valence-corrected chi connectivity index (χ4v) is 2.73. The van der Waals surface area contributed by atoms with Gasteiger partial charge >= 0.3 is 0 Å². The Hall–Kier alpha value is -3.22. The second kappa shape index (κ2) is 6.01. The fourth-order valence-electron chi connectivity index (χ4n) is 2.73. The first kappa shape index (κ1) is 15.3. The number of rotatable bonds is 4. The van der Waals surface area contributed by atoms with Crippen LogP contribution in [-0.2, 0) is 0 Å². The number of nitrogens with zero attached hydrogens (tertiary/aromatic N) is 5. The van der Waals surface area contributed by atoms with Crippen molar-refractivity contribution >= 4 is 11.0 Å². The van der Waals surface area contributed by atoms with Crippen LogP contribution in [0.25, 0.3) is 33.9 Å². The quantitative estimate of drug-likeness (QED) is 0.565. The zero-order valence-corrected chi connectivity index (χ0v) is 14.2. The molecule has 0 radical (unpaired) electrons. The number of fused-ring (bicyclic) bond motifs is 1. The Labute approximate surface area is 144 Å². The zero-order valence-electron chi connectivity index (χ0n) is 14.2. The van der Waals surface area contributed by atoms with Gasteiger partial charge in [-0.25, -0.2) is 4.68 Å². The first-order chi connectivity index (χ1) is 12.2. The molecular formula is C18H17N5O2. The van der Waals surface area contributed by atoms with Crippen LogP contribution in [0.1, 0.15) is 19.9 Å². The smallest absolute Gasteiger partial charge is 0.262 e. The first-order valence-corrected chi connectivity index (χ1v) is 8.00. The third-order valence-electron chi connectivity index (χ3n) is 3.98. The fraction of sp³-hybridized carbons (Fsp3) is 0.222. The molecule has 0 atom stereocenters. The van der Waals surface area contributed by atoms with E-state index in [1.54, 1.807) is 7.11 Å². The highest BCUT2D eigenvalue weighted by molar-refractivity contribution is 5.80. The molecule has 0 saturated heterocycles. The van der Waals surface area contributed by atoms with Crippen molar-refractivity contribution in [3.05, 3.63) is 42.5 Å². The van der Waals surface area contributed by atoms with E-state index in [0.717, 1.165) is 22.2 Å². The molecule has 0 aliphatic heterocycles. The molecular weight excluding hydrogens is 318 g/mol.